The number of aryl methyl sites for hydroxylation is 1. The van der Waals surface area contributed by atoms with Crippen LogP contribution in [-0.2, 0) is 17.8 Å². The lowest BCUT2D eigenvalue weighted by Gasteiger charge is -2.06. The molecule has 1 amide bonds. The van der Waals surface area contributed by atoms with E-state index in [2.05, 4.69) is 20.5 Å². The van der Waals surface area contributed by atoms with Gasteiger partial charge in [0.25, 0.3) is 0 Å². The molecule has 0 radical (unpaired) electrons. The summed E-state index contributed by atoms with van der Waals surface area (Å²) in [6.07, 6.45) is 6.83. The Bertz CT molecular complexity index is 1130. The lowest BCUT2D eigenvalue weighted by atomic mass is 10.1. The average molecular weight is 391 g/mol. The third kappa shape index (κ3) is 4.41. The molecule has 0 atom stereocenters. The van der Waals surface area contributed by atoms with Crippen LogP contribution in [0.3, 0.4) is 0 Å². The van der Waals surface area contributed by atoms with Crippen molar-refractivity contribution in [2.24, 2.45) is 0 Å². The first-order valence-electron chi connectivity index (χ1n) is 9.25. The fourth-order valence-corrected chi connectivity index (χ4v) is 3.06. The number of nitrogen functional groups attached to an aromatic ring is 1. The quantitative estimate of drug-likeness (QED) is 0.441. The van der Waals surface area contributed by atoms with Crippen molar-refractivity contribution in [3.63, 3.8) is 0 Å². The number of aliphatic hydroxyl groups is 1. The number of fused-ring (bicyclic) bond motifs is 1. The Labute approximate surface area is 166 Å². The van der Waals surface area contributed by atoms with Gasteiger partial charge in [-0.05, 0) is 48.2 Å². The van der Waals surface area contributed by atoms with Crippen LogP contribution in [0.15, 0.2) is 55.0 Å². The number of nitrogens with two attached hydrogens (primary N) is 1. The molecular weight excluding hydrogens is 370 g/mol. The maximum atomic E-state index is 12.3. The van der Waals surface area contributed by atoms with Gasteiger partial charge in [0.05, 0.1) is 6.20 Å². The first kappa shape index (κ1) is 18.6. The maximum Gasteiger partial charge on any atom is 0.246 e. The van der Waals surface area contributed by atoms with Gasteiger partial charge < -0.3 is 16.2 Å². The normalized spacial score (nSPS) is 11.1. The summed E-state index contributed by atoms with van der Waals surface area (Å²) in [7, 11) is 0. The van der Waals surface area contributed by atoms with Gasteiger partial charge in [0.1, 0.15) is 6.54 Å². The summed E-state index contributed by atoms with van der Waals surface area (Å²) in [5.41, 5.74) is 9.90. The third-order valence-electron chi connectivity index (χ3n) is 4.49. The molecule has 0 fully saturated rings. The van der Waals surface area contributed by atoms with Crippen molar-refractivity contribution in [2.45, 2.75) is 19.4 Å². The van der Waals surface area contributed by atoms with Crippen LogP contribution in [0.4, 0.5) is 11.6 Å². The summed E-state index contributed by atoms with van der Waals surface area (Å²) in [6, 6.07) is 11.4. The van der Waals surface area contributed by atoms with Crippen LogP contribution in [0.2, 0.25) is 0 Å². The number of carbonyl (C=O) groups is 1. The zero-order chi connectivity index (χ0) is 20.2. The molecule has 9 heteroatoms. The topological polar surface area (TPSA) is 123 Å². The predicted molar refractivity (Wildman–Crippen MR) is 109 cm³/mol. The van der Waals surface area contributed by atoms with Crippen molar-refractivity contribution in [3.8, 4) is 11.1 Å². The molecule has 0 saturated carbocycles. The Balaban J connectivity index is 1.39. The van der Waals surface area contributed by atoms with E-state index in [1.807, 2.05) is 42.6 Å². The summed E-state index contributed by atoms with van der Waals surface area (Å²) in [5.74, 6) is 0.0550. The molecule has 4 rings (SSSR count). The van der Waals surface area contributed by atoms with E-state index in [0.29, 0.717) is 5.65 Å². The first-order valence-corrected chi connectivity index (χ1v) is 9.25. The van der Waals surface area contributed by atoms with Crippen molar-refractivity contribution in [1.82, 2.24) is 24.4 Å². The molecule has 3 heterocycles. The molecule has 0 aliphatic rings. The zero-order valence-corrected chi connectivity index (χ0v) is 15.7. The summed E-state index contributed by atoms with van der Waals surface area (Å²) < 4.78 is 3.19. The Kier molecular flexibility index (Phi) is 5.21. The Hall–Kier alpha value is -3.72. The van der Waals surface area contributed by atoms with Crippen molar-refractivity contribution in [2.75, 3.05) is 17.7 Å². The molecule has 0 unspecified atom stereocenters. The van der Waals surface area contributed by atoms with E-state index in [9.17, 15) is 4.79 Å². The standard InChI is InChI=1S/C20H21N7O2/c21-20-24-18-10-15(7-8-27(18)25-20)16-11-22-26(12-16)13-19(29)23-17-5-3-14(4-6-17)2-1-9-28/h3-8,10-12,28H,1-2,9,13H2,(H2,21,25)(H,23,29). The number of amides is 1. The molecule has 4 N–H and O–H groups in total. The number of hydrogen-bond donors (Lipinski definition) is 3. The summed E-state index contributed by atoms with van der Waals surface area (Å²) in [4.78, 5) is 16.5. The van der Waals surface area contributed by atoms with Crippen LogP contribution in [0.5, 0.6) is 0 Å². The molecule has 0 aliphatic carbocycles. The molecule has 4 aromatic rings. The minimum absolute atomic E-state index is 0.104. The first-order chi connectivity index (χ1) is 14.1. The maximum absolute atomic E-state index is 12.3. The summed E-state index contributed by atoms with van der Waals surface area (Å²) >= 11 is 0. The smallest absolute Gasteiger partial charge is 0.246 e. The second-order valence-electron chi connectivity index (χ2n) is 6.69. The fourth-order valence-electron chi connectivity index (χ4n) is 3.06. The fraction of sp³-hybridized carbons (Fsp3) is 0.200. The molecule has 0 spiro atoms. The minimum Gasteiger partial charge on any atom is -0.396 e. The Morgan fingerprint density at radius 2 is 2.00 bits per heavy atom. The number of nitrogens with one attached hydrogen (secondary N) is 1. The Morgan fingerprint density at radius 1 is 1.17 bits per heavy atom. The minimum atomic E-state index is -0.163. The highest BCUT2D eigenvalue weighted by atomic mass is 16.2. The zero-order valence-electron chi connectivity index (χ0n) is 15.7. The van der Waals surface area contributed by atoms with Gasteiger partial charge in [0.2, 0.25) is 11.9 Å². The molecule has 148 valence electrons. The van der Waals surface area contributed by atoms with Crippen LogP contribution < -0.4 is 11.1 Å². The van der Waals surface area contributed by atoms with Crippen molar-refractivity contribution < 1.29 is 9.90 Å². The third-order valence-corrected chi connectivity index (χ3v) is 4.49. The van der Waals surface area contributed by atoms with Crippen molar-refractivity contribution in [3.05, 3.63) is 60.6 Å². The van der Waals surface area contributed by atoms with Gasteiger partial charge in [0.15, 0.2) is 5.65 Å². The number of nitrogens with zero attached hydrogens (tertiary/aromatic N) is 5. The number of benzene rings is 1. The van der Waals surface area contributed by atoms with E-state index in [-0.39, 0.29) is 25.0 Å². The van der Waals surface area contributed by atoms with Gasteiger partial charge in [-0.2, -0.15) is 10.1 Å². The van der Waals surface area contributed by atoms with Gasteiger partial charge >= 0.3 is 0 Å². The lowest BCUT2D eigenvalue weighted by Crippen LogP contribution is -2.18. The monoisotopic (exact) mass is 391 g/mol. The number of anilines is 2. The number of rotatable bonds is 7. The summed E-state index contributed by atoms with van der Waals surface area (Å²) in [6.45, 7) is 0.275. The van der Waals surface area contributed by atoms with E-state index in [0.717, 1.165) is 35.2 Å². The van der Waals surface area contributed by atoms with Crippen molar-refractivity contribution in [1.29, 1.82) is 0 Å². The van der Waals surface area contributed by atoms with Gasteiger partial charge in [-0.3, -0.25) is 9.48 Å². The molecule has 29 heavy (non-hydrogen) atoms. The predicted octanol–water partition coefficient (Wildman–Crippen LogP) is 1.74. The van der Waals surface area contributed by atoms with Crippen LogP contribution in [0.25, 0.3) is 16.8 Å². The van der Waals surface area contributed by atoms with Crippen LogP contribution in [0.1, 0.15) is 12.0 Å². The van der Waals surface area contributed by atoms with Gasteiger partial charge in [-0.1, -0.05) is 12.1 Å². The van der Waals surface area contributed by atoms with E-state index < -0.39 is 0 Å². The lowest BCUT2D eigenvalue weighted by molar-refractivity contribution is -0.116. The van der Waals surface area contributed by atoms with Crippen LogP contribution >= 0.6 is 0 Å². The van der Waals surface area contributed by atoms with Gasteiger partial charge in [-0.15, -0.1) is 5.10 Å². The second kappa shape index (κ2) is 8.11. The van der Waals surface area contributed by atoms with Crippen LogP contribution in [-0.4, -0.2) is 42.0 Å². The van der Waals surface area contributed by atoms with E-state index >= 15 is 0 Å². The van der Waals surface area contributed by atoms with Gasteiger partial charge in [0, 0.05) is 30.3 Å². The number of aromatic nitrogens is 5. The number of aliphatic hydroxyl groups excluding tert-OH is 1. The average Bonchev–Trinajstić information content (AvgIpc) is 3.32. The SMILES string of the molecule is Nc1nc2cc(-c3cnn(CC(=O)Nc4ccc(CCCO)cc4)c3)ccn2n1. The highest BCUT2D eigenvalue weighted by molar-refractivity contribution is 5.90. The Morgan fingerprint density at radius 3 is 2.79 bits per heavy atom. The molecule has 0 aliphatic heterocycles. The molecule has 1 aromatic carbocycles. The number of pyridine rings is 1. The molecule has 3 aromatic heterocycles. The van der Waals surface area contributed by atoms with Gasteiger partial charge in [-0.25, -0.2) is 4.52 Å². The second-order valence-corrected chi connectivity index (χ2v) is 6.69. The molecule has 9 nitrogen and oxygen atoms in total. The molecule has 0 saturated heterocycles. The van der Waals surface area contributed by atoms with Crippen LogP contribution in [0, 0.1) is 0 Å². The van der Waals surface area contributed by atoms with E-state index in [1.165, 1.54) is 0 Å². The highest BCUT2D eigenvalue weighted by Crippen LogP contribution is 2.20. The number of carbonyl (C=O) groups excluding carboxylic acids is 1. The highest BCUT2D eigenvalue weighted by Gasteiger charge is 2.09. The van der Waals surface area contributed by atoms with E-state index in [1.54, 1.807) is 21.6 Å². The molecular formula is C20H21N7O2. The number of hydrogen-bond acceptors (Lipinski definition) is 6. The largest absolute Gasteiger partial charge is 0.396 e. The summed E-state index contributed by atoms with van der Waals surface area (Å²) in [5, 5.41) is 20.1. The molecule has 0 bridgehead atoms. The van der Waals surface area contributed by atoms with Crippen molar-refractivity contribution >= 4 is 23.2 Å². The van der Waals surface area contributed by atoms with E-state index in [4.69, 9.17) is 10.8 Å².